The molecule has 2 aliphatic rings. The molecule has 46 heavy (non-hydrogen) atoms. The highest BCUT2D eigenvalue weighted by Crippen LogP contribution is 2.21. The molecule has 2 saturated heterocycles. The van der Waals surface area contributed by atoms with Crippen molar-refractivity contribution in [3.05, 3.63) is 69.2 Å². The van der Waals surface area contributed by atoms with Crippen molar-refractivity contribution >= 4 is 57.1 Å². The van der Waals surface area contributed by atoms with Gasteiger partial charge in [0, 0.05) is 39.4 Å². The molecule has 0 unspecified atom stereocenters. The molecule has 2 aromatic carbocycles. The van der Waals surface area contributed by atoms with Crippen molar-refractivity contribution in [3.8, 4) is 0 Å². The number of nitrogens with one attached hydrogen (secondary N) is 2. The molecule has 12 nitrogen and oxygen atoms in total. The van der Waals surface area contributed by atoms with Crippen LogP contribution in [-0.4, -0.2) is 80.9 Å². The molecule has 2 amide bonds. The largest absolute Gasteiger partial charge is 0.376 e. The van der Waals surface area contributed by atoms with Gasteiger partial charge in [-0.2, -0.15) is 0 Å². The van der Waals surface area contributed by atoms with E-state index in [2.05, 4.69) is 10.6 Å². The summed E-state index contributed by atoms with van der Waals surface area (Å²) in [6.45, 7) is 2.53. The van der Waals surface area contributed by atoms with E-state index in [0.29, 0.717) is 58.4 Å². The Labute approximate surface area is 273 Å². The molecular weight excluding hydrogens is 629 g/mol. The number of rotatable bonds is 13. The Hall–Kier alpha value is -3.72. The molecule has 0 spiro atoms. The number of para-hydroxylation sites is 2. The Morgan fingerprint density at radius 2 is 1.15 bits per heavy atom. The summed E-state index contributed by atoms with van der Waals surface area (Å²) in [7, 11) is 0. The number of carbonyl (C=O) groups is 2. The van der Waals surface area contributed by atoms with Crippen LogP contribution in [0.1, 0.15) is 25.7 Å². The summed E-state index contributed by atoms with van der Waals surface area (Å²) < 4.78 is 14.2. The molecule has 0 saturated carbocycles. The summed E-state index contributed by atoms with van der Waals surface area (Å²) >= 11 is 2.34. The predicted octanol–water partition coefficient (Wildman–Crippen LogP) is 2.58. The third-order valence-electron chi connectivity index (χ3n) is 7.97. The predicted molar refractivity (Wildman–Crippen MR) is 177 cm³/mol. The number of nitrogens with zero attached hydrogens (tertiary/aromatic N) is 4. The van der Waals surface area contributed by atoms with E-state index in [9.17, 15) is 19.2 Å². The average Bonchev–Trinajstić information content (AvgIpc) is 3.80. The second-order valence-electron chi connectivity index (χ2n) is 11.2. The first kappa shape index (κ1) is 32.2. The average molecular weight is 665 g/mol. The molecule has 2 aromatic heterocycles. The molecule has 2 fully saturated rings. The van der Waals surface area contributed by atoms with E-state index in [4.69, 9.17) is 19.4 Å². The number of carbonyl (C=O) groups excluding carboxylic acids is 2. The van der Waals surface area contributed by atoms with Crippen LogP contribution in [0.5, 0.6) is 0 Å². The fourth-order valence-corrected chi connectivity index (χ4v) is 7.25. The van der Waals surface area contributed by atoms with Crippen molar-refractivity contribution in [1.29, 1.82) is 0 Å². The van der Waals surface area contributed by atoms with Crippen molar-refractivity contribution in [3.63, 3.8) is 0 Å². The summed E-state index contributed by atoms with van der Waals surface area (Å²) in [6.07, 6.45) is 3.87. The van der Waals surface area contributed by atoms with E-state index in [1.807, 2.05) is 12.1 Å². The van der Waals surface area contributed by atoms with Gasteiger partial charge in [0.25, 0.3) is 11.1 Å². The monoisotopic (exact) mass is 664 g/mol. The number of thioether (sulfide) groups is 2. The molecule has 0 bridgehead atoms. The molecule has 4 heterocycles. The van der Waals surface area contributed by atoms with Crippen molar-refractivity contribution in [2.24, 2.45) is 0 Å². The number of hydrogen-bond acceptors (Lipinski definition) is 10. The van der Waals surface area contributed by atoms with Crippen LogP contribution in [0.15, 0.2) is 68.4 Å². The van der Waals surface area contributed by atoms with Crippen LogP contribution in [0.3, 0.4) is 0 Å². The van der Waals surface area contributed by atoms with Gasteiger partial charge in [0.2, 0.25) is 11.8 Å². The van der Waals surface area contributed by atoms with Crippen molar-refractivity contribution in [2.75, 3.05) is 37.8 Å². The van der Waals surface area contributed by atoms with Crippen LogP contribution in [0.2, 0.25) is 0 Å². The fourth-order valence-electron chi connectivity index (χ4n) is 5.54. The fraction of sp³-hybridized carbons (Fsp3) is 0.438. The number of aromatic nitrogens is 4. The highest BCUT2D eigenvalue weighted by atomic mass is 32.2. The third kappa shape index (κ3) is 7.80. The van der Waals surface area contributed by atoms with E-state index in [0.717, 1.165) is 25.7 Å². The van der Waals surface area contributed by atoms with Gasteiger partial charge in [0.15, 0.2) is 10.3 Å². The molecule has 0 radical (unpaired) electrons. The zero-order valence-electron chi connectivity index (χ0n) is 25.3. The highest BCUT2D eigenvalue weighted by Gasteiger charge is 2.20. The minimum atomic E-state index is -0.266. The molecule has 4 aromatic rings. The first-order valence-corrected chi connectivity index (χ1v) is 17.4. The van der Waals surface area contributed by atoms with Gasteiger partial charge in [0.1, 0.15) is 0 Å². The summed E-state index contributed by atoms with van der Waals surface area (Å²) in [5.74, 6) is -0.226. The van der Waals surface area contributed by atoms with E-state index >= 15 is 0 Å². The number of amides is 2. The smallest absolute Gasteiger partial charge is 0.262 e. The Kier molecular flexibility index (Phi) is 10.7. The van der Waals surface area contributed by atoms with Gasteiger partial charge in [-0.15, -0.1) is 0 Å². The van der Waals surface area contributed by atoms with Crippen LogP contribution >= 0.6 is 23.5 Å². The molecule has 2 atom stereocenters. The van der Waals surface area contributed by atoms with Crippen molar-refractivity contribution < 1.29 is 19.1 Å². The third-order valence-corrected chi connectivity index (χ3v) is 9.92. The van der Waals surface area contributed by atoms with E-state index in [1.54, 1.807) is 36.4 Å². The van der Waals surface area contributed by atoms with Gasteiger partial charge in [-0.3, -0.25) is 28.3 Å². The summed E-state index contributed by atoms with van der Waals surface area (Å²) in [5, 5.41) is 7.45. The van der Waals surface area contributed by atoms with Crippen LogP contribution < -0.4 is 21.8 Å². The zero-order chi connectivity index (χ0) is 31.9. The Morgan fingerprint density at radius 3 is 1.57 bits per heavy atom. The van der Waals surface area contributed by atoms with Gasteiger partial charge in [-0.1, -0.05) is 47.8 Å². The molecule has 6 rings (SSSR count). The maximum atomic E-state index is 13.7. The minimum absolute atomic E-state index is 0.0271. The lowest BCUT2D eigenvalue weighted by Crippen LogP contribution is -2.34. The van der Waals surface area contributed by atoms with Crippen molar-refractivity contribution in [1.82, 2.24) is 29.7 Å². The number of hydrogen-bond donors (Lipinski definition) is 2. The second kappa shape index (κ2) is 15.2. The standard InChI is InChI=1S/C32H36N6O6S2/c39-27(33-17-21-7-5-15-43-21)19-45-31-35-25-11-3-1-9-23(25)29(41)37(31)13-14-38-30(42)24-10-2-4-12-26(24)36-32(38)46-20-28(40)34-18-22-8-6-16-44-22/h1-4,9-12,21-22H,5-8,13-20H2,(H,33,39)(H,34,40)/t21-,22-/m1/s1. The van der Waals surface area contributed by atoms with Crippen LogP contribution in [-0.2, 0) is 32.2 Å². The quantitative estimate of drug-likeness (QED) is 0.162. The number of fused-ring (bicyclic) bond motifs is 2. The topological polar surface area (TPSA) is 146 Å². The zero-order valence-corrected chi connectivity index (χ0v) is 26.9. The Balaban J connectivity index is 1.22. The molecular formula is C32H36N6O6S2. The molecule has 2 aliphatic heterocycles. The van der Waals surface area contributed by atoms with E-state index in [1.165, 1.54) is 32.7 Å². The summed E-state index contributed by atoms with van der Waals surface area (Å²) in [4.78, 5) is 62.2. The van der Waals surface area contributed by atoms with Crippen LogP contribution in [0.4, 0.5) is 0 Å². The first-order valence-electron chi connectivity index (χ1n) is 15.5. The van der Waals surface area contributed by atoms with Gasteiger partial charge >= 0.3 is 0 Å². The van der Waals surface area contributed by atoms with Crippen LogP contribution in [0.25, 0.3) is 21.8 Å². The van der Waals surface area contributed by atoms with Crippen molar-refractivity contribution in [2.45, 2.75) is 61.3 Å². The normalized spacial score (nSPS) is 17.9. The molecule has 14 heteroatoms. The summed E-state index contributed by atoms with van der Waals surface area (Å²) in [5.41, 5.74) is 0.524. The number of ether oxygens (including phenoxy) is 2. The molecule has 0 aliphatic carbocycles. The maximum absolute atomic E-state index is 13.7. The SMILES string of the molecule is O=C(CSc1nc2ccccc2c(=O)n1CCn1c(SCC(=O)NC[C@H]2CCCO2)nc2ccccc2c1=O)NC[C@H]1CCCO1. The lowest BCUT2D eigenvalue weighted by atomic mass is 10.2. The van der Waals surface area contributed by atoms with Gasteiger partial charge in [-0.05, 0) is 49.9 Å². The van der Waals surface area contributed by atoms with Gasteiger partial charge in [-0.25, -0.2) is 9.97 Å². The minimum Gasteiger partial charge on any atom is -0.376 e. The van der Waals surface area contributed by atoms with Gasteiger partial charge in [0.05, 0.1) is 45.5 Å². The lowest BCUT2D eigenvalue weighted by Gasteiger charge is -2.17. The van der Waals surface area contributed by atoms with E-state index in [-0.39, 0.29) is 59.7 Å². The first-order chi connectivity index (χ1) is 22.5. The highest BCUT2D eigenvalue weighted by molar-refractivity contribution is 8.00. The molecule has 2 N–H and O–H groups in total. The number of benzene rings is 2. The van der Waals surface area contributed by atoms with Gasteiger partial charge < -0.3 is 20.1 Å². The van der Waals surface area contributed by atoms with Crippen LogP contribution in [0, 0.1) is 0 Å². The maximum Gasteiger partial charge on any atom is 0.262 e. The Bertz CT molecular complexity index is 1700. The Morgan fingerprint density at radius 1 is 0.717 bits per heavy atom. The lowest BCUT2D eigenvalue weighted by molar-refractivity contribution is -0.119. The van der Waals surface area contributed by atoms with E-state index < -0.39 is 0 Å². The molecule has 242 valence electrons. The summed E-state index contributed by atoms with van der Waals surface area (Å²) in [6, 6.07) is 14.1. The second-order valence-corrected chi connectivity index (χ2v) is 13.1.